The van der Waals surface area contributed by atoms with Crippen molar-refractivity contribution in [3.8, 4) is 0 Å². The number of aromatic nitrogens is 10. The summed E-state index contributed by atoms with van der Waals surface area (Å²) in [7, 11) is 0. The third kappa shape index (κ3) is 8.91. The molecule has 0 saturated heterocycles. The normalized spacial score (nSPS) is 12.2. The summed E-state index contributed by atoms with van der Waals surface area (Å²) in [5.41, 5.74) is 9.41. The Labute approximate surface area is 307 Å². The molecule has 0 aliphatic heterocycles. The molecular formula is C42H54N10. The van der Waals surface area contributed by atoms with Crippen molar-refractivity contribution in [1.82, 2.24) is 47.7 Å². The molecular weight excluding hydrogens is 645 g/mol. The minimum atomic E-state index is 0.0495. The zero-order valence-electron chi connectivity index (χ0n) is 32.9. The number of hydrogen-bond donors (Lipinski definition) is 0. The van der Waals surface area contributed by atoms with Crippen molar-refractivity contribution in [3.63, 3.8) is 0 Å². The molecule has 10 heteroatoms. The fourth-order valence-corrected chi connectivity index (χ4v) is 5.73. The van der Waals surface area contributed by atoms with E-state index >= 15 is 0 Å². The summed E-state index contributed by atoms with van der Waals surface area (Å²) in [6.07, 6.45) is 22.8. The standard InChI is InChI=1S/2C11H14N2.2C10H13N3/c1-11(2,3)9-4-6-13-7-5-12-10(13)8-9;1-11(2,3)9-5-4-7-13-8-6-12-10(9)13;1-10(2,3)8-9-12-5-7-13(9)6-4-11-8;1-10(2,3)8-5-4-6-13-7-11-12-9(8)13/h2*4-8H,1-3H3;2*4-7H,1-3H3. The van der Waals surface area contributed by atoms with Crippen LogP contribution in [0, 0.1) is 0 Å². The lowest BCUT2D eigenvalue weighted by Gasteiger charge is -2.19. The third-order valence-corrected chi connectivity index (χ3v) is 8.64. The zero-order valence-corrected chi connectivity index (χ0v) is 32.9. The first-order chi connectivity index (χ1) is 24.3. The quantitative estimate of drug-likeness (QED) is 0.157. The van der Waals surface area contributed by atoms with Gasteiger partial charge >= 0.3 is 0 Å². The molecule has 0 aromatic carbocycles. The molecule has 0 aliphatic carbocycles. The minimum absolute atomic E-state index is 0.0495. The van der Waals surface area contributed by atoms with Gasteiger partial charge in [-0.1, -0.05) is 95.2 Å². The van der Waals surface area contributed by atoms with Crippen LogP contribution in [-0.2, 0) is 21.7 Å². The Morgan fingerprint density at radius 2 is 0.962 bits per heavy atom. The average molecular weight is 699 g/mol. The van der Waals surface area contributed by atoms with Crippen LogP contribution in [0.4, 0.5) is 0 Å². The average Bonchev–Trinajstić information content (AvgIpc) is 3.89. The Morgan fingerprint density at radius 1 is 0.442 bits per heavy atom. The molecule has 8 aromatic rings. The van der Waals surface area contributed by atoms with E-state index in [1.807, 2.05) is 75.0 Å². The van der Waals surface area contributed by atoms with Crippen molar-refractivity contribution in [2.75, 3.05) is 0 Å². The first-order valence-electron chi connectivity index (χ1n) is 17.8. The van der Waals surface area contributed by atoms with Gasteiger partial charge in [0.25, 0.3) is 0 Å². The van der Waals surface area contributed by atoms with Crippen molar-refractivity contribution in [1.29, 1.82) is 0 Å². The summed E-state index contributed by atoms with van der Waals surface area (Å²) in [5.74, 6) is 0. The van der Waals surface area contributed by atoms with E-state index in [1.54, 1.807) is 12.5 Å². The topological polar surface area (TPSA) is 95.0 Å². The Balaban J connectivity index is 0.000000134. The molecule has 8 aromatic heterocycles. The van der Waals surface area contributed by atoms with Crippen LogP contribution in [0.1, 0.15) is 105 Å². The molecule has 8 heterocycles. The van der Waals surface area contributed by atoms with Crippen LogP contribution in [0.15, 0.2) is 111 Å². The highest BCUT2D eigenvalue weighted by atomic mass is 15.2. The Kier molecular flexibility index (Phi) is 10.7. The van der Waals surface area contributed by atoms with Crippen molar-refractivity contribution >= 4 is 22.6 Å². The van der Waals surface area contributed by atoms with E-state index in [0.717, 1.165) is 28.3 Å². The lowest BCUT2D eigenvalue weighted by Crippen LogP contribution is -2.15. The van der Waals surface area contributed by atoms with Crippen molar-refractivity contribution in [3.05, 3.63) is 133 Å². The number of rotatable bonds is 0. The summed E-state index contributed by atoms with van der Waals surface area (Å²) in [5, 5.41) is 7.99. The van der Waals surface area contributed by atoms with E-state index in [-0.39, 0.29) is 21.7 Å². The van der Waals surface area contributed by atoms with Crippen LogP contribution in [0.25, 0.3) is 22.6 Å². The van der Waals surface area contributed by atoms with Gasteiger partial charge in [-0.3, -0.25) is 9.38 Å². The summed E-state index contributed by atoms with van der Waals surface area (Å²) in [6, 6.07) is 12.6. The summed E-state index contributed by atoms with van der Waals surface area (Å²) in [6.45, 7) is 26.2. The predicted octanol–water partition coefficient (Wildman–Crippen LogP) is 9.32. The van der Waals surface area contributed by atoms with E-state index < -0.39 is 0 Å². The highest BCUT2D eigenvalue weighted by Crippen LogP contribution is 2.27. The molecule has 272 valence electrons. The number of pyridine rings is 3. The molecule has 0 radical (unpaired) electrons. The van der Waals surface area contributed by atoms with Crippen LogP contribution in [0.5, 0.6) is 0 Å². The molecule has 0 N–H and O–H groups in total. The van der Waals surface area contributed by atoms with E-state index in [9.17, 15) is 0 Å². The van der Waals surface area contributed by atoms with Crippen molar-refractivity contribution < 1.29 is 0 Å². The predicted molar refractivity (Wildman–Crippen MR) is 211 cm³/mol. The summed E-state index contributed by atoms with van der Waals surface area (Å²) in [4.78, 5) is 17.3. The Morgan fingerprint density at radius 3 is 1.56 bits per heavy atom. The van der Waals surface area contributed by atoms with Crippen LogP contribution in [0.2, 0.25) is 0 Å². The molecule has 0 fully saturated rings. The van der Waals surface area contributed by atoms with E-state index in [4.69, 9.17) is 0 Å². The maximum atomic E-state index is 4.37. The highest BCUT2D eigenvalue weighted by Gasteiger charge is 2.20. The third-order valence-electron chi connectivity index (χ3n) is 8.64. The van der Waals surface area contributed by atoms with Crippen LogP contribution in [-0.4, -0.2) is 47.7 Å². The second-order valence-corrected chi connectivity index (χ2v) is 17.1. The van der Waals surface area contributed by atoms with Gasteiger partial charge in [-0.2, -0.15) is 0 Å². The fourth-order valence-electron chi connectivity index (χ4n) is 5.73. The van der Waals surface area contributed by atoms with E-state index in [2.05, 4.69) is 154 Å². The number of imidazole rings is 3. The van der Waals surface area contributed by atoms with Crippen LogP contribution >= 0.6 is 0 Å². The Hall–Kier alpha value is -5.38. The molecule has 0 spiro atoms. The molecule has 0 unspecified atom stereocenters. The van der Waals surface area contributed by atoms with Gasteiger partial charge in [-0.05, 0) is 46.1 Å². The zero-order chi connectivity index (χ0) is 37.9. The van der Waals surface area contributed by atoms with E-state index in [1.165, 1.54) is 16.7 Å². The second kappa shape index (κ2) is 14.7. The highest BCUT2D eigenvalue weighted by molar-refractivity contribution is 5.51. The van der Waals surface area contributed by atoms with Gasteiger partial charge in [0, 0.05) is 84.7 Å². The number of fused-ring (bicyclic) bond motifs is 4. The fraction of sp³-hybridized carbons (Fsp3) is 0.381. The van der Waals surface area contributed by atoms with Gasteiger partial charge in [0.2, 0.25) is 0 Å². The summed E-state index contributed by atoms with van der Waals surface area (Å²) < 4.78 is 8.02. The molecule has 0 aliphatic rings. The smallest absolute Gasteiger partial charge is 0.164 e. The molecule has 0 amide bonds. The van der Waals surface area contributed by atoms with Gasteiger partial charge in [-0.15, -0.1) is 10.2 Å². The first-order valence-corrected chi connectivity index (χ1v) is 17.8. The molecule has 0 atom stereocenters. The van der Waals surface area contributed by atoms with Gasteiger partial charge in [-0.25, -0.2) is 15.0 Å². The van der Waals surface area contributed by atoms with Gasteiger partial charge in [0.1, 0.15) is 17.6 Å². The first kappa shape index (κ1) is 37.9. The molecule has 52 heavy (non-hydrogen) atoms. The largest absolute Gasteiger partial charge is 0.307 e. The monoisotopic (exact) mass is 698 g/mol. The maximum absolute atomic E-state index is 4.37. The SMILES string of the molecule is CC(C)(C)c1cccn2ccnc12.CC(C)(C)c1cccn2cnnc12.CC(C)(C)c1ccn2ccnc2c1.CC(C)(C)c1nccn2ccnc12. The Bertz CT molecular complexity index is 2160. The number of nitrogens with zero attached hydrogens (tertiary/aromatic N) is 10. The van der Waals surface area contributed by atoms with Gasteiger partial charge in [0.05, 0.1) is 5.69 Å². The molecule has 0 bridgehead atoms. The van der Waals surface area contributed by atoms with Crippen molar-refractivity contribution in [2.24, 2.45) is 0 Å². The van der Waals surface area contributed by atoms with Gasteiger partial charge < -0.3 is 13.2 Å². The van der Waals surface area contributed by atoms with Crippen LogP contribution < -0.4 is 0 Å². The molecule has 8 rings (SSSR count). The minimum Gasteiger partial charge on any atom is -0.307 e. The van der Waals surface area contributed by atoms with Crippen molar-refractivity contribution in [2.45, 2.75) is 105 Å². The molecule has 10 nitrogen and oxygen atoms in total. The second-order valence-electron chi connectivity index (χ2n) is 17.1. The maximum Gasteiger partial charge on any atom is 0.164 e. The summed E-state index contributed by atoms with van der Waals surface area (Å²) >= 11 is 0. The lowest BCUT2D eigenvalue weighted by molar-refractivity contribution is 0.570. The number of hydrogen-bond acceptors (Lipinski definition) is 6. The van der Waals surface area contributed by atoms with Gasteiger partial charge in [0.15, 0.2) is 11.3 Å². The van der Waals surface area contributed by atoms with E-state index in [0.29, 0.717) is 0 Å². The van der Waals surface area contributed by atoms with Crippen LogP contribution in [0.3, 0.4) is 0 Å². The lowest BCUT2D eigenvalue weighted by atomic mass is 9.88. The molecule has 0 saturated carbocycles.